The molecule has 84 valence electrons. The summed E-state index contributed by atoms with van der Waals surface area (Å²) in [7, 11) is 0. The first-order chi connectivity index (χ1) is 7.66. The van der Waals surface area contributed by atoms with Crippen LogP contribution in [-0.2, 0) is 0 Å². The van der Waals surface area contributed by atoms with Crippen LogP contribution in [-0.4, -0.2) is 4.98 Å². The lowest BCUT2D eigenvalue weighted by Gasteiger charge is -2.14. The zero-order valence-electron chi connectivity index (χ0n) is 8.77. The minimum Gasteiger partial charge on any atom is -0.397 e. The fourth-order valence-corrected chi connectivity index (χ4v) is 2.35. The number of nitrogen functional groups attached to an aromatic ring is 1. The molecule has 0 fully saturated rings. The van der Waals surface area contributed by atoms with E-state index in [9.17, 15) is 0 Å². The number of hydrogen-bond acceptors (Lipinski definition) is 4. The van der Waals surface area contributed by atoms with Crippen LogP contribution < -0.4 is 11.1 Å². The molecule has 1 unspecified atom stereocenters. The molecule has 2 aromatic rings. The van der Waals surface area contributed by atoms with Gasteiger partial charge in [0.15, 0.2) is 0 Å². The number of anilines is 2. The van der Waals surface area contributed by atoms with Crippen molar-refractivity contribution in [3.63, 3.8) is 0 Å². The summed E-state index contributed by atoms with van der Waals surface area (Å²) in [5.41, 5.74) is 7.37. The van der Waals surface area contributed by atoms with Gasteiger partial charge in [-0.25, -0.2) is 4.98 Å². The molecule has 0 radical (unpaired) electrons. The summed E-state index contributed by atoms with van der Waals surface area (Å²) >= 11 is 7.70. The molecule has 0 aromatic carbocycles. The van der Waals surface area contributed by atoms with E-state index >= 15 is 0 Å². The lowest BCUT2D eigenvalue weighted by molar-refractivity contribution is 0.880. The summed E-state index contributed by atoms with van der Waals surface area (Å²) in [4.78, 5) is 4.16. The first-order valence-corrected chi connectivity index (χ1v) is 6.18. The van der Waals surface area contributed by atoms with Crippen LogP contribution >= 0.6 is 22.9 Å². The molecule has 2 rings (SSSR count). The summed E-state index contributed by atoms with van der Waals surface area (Å²) in [6.45, 7) is 2.07. The van der Waals surface area contributed by atoms with Crippen LogP contribution in [0.2, 0.25) is 5.02 Å². The van der Waals surface area contributed by atoms with Crippen molar-refractivity contribution in [1.82, 2.24) is 4.98 Å². The minimum atomic E-state index is 0.180. The van der Waals surface area contributed by atoms with Gasteiger partial charge < -0.3 is 11.1 Å². The van der Waals surface area contributed by atoms with Gasteiger partial charge in [0.2, 0.25) is 0 Å². The summed E-state index contributed by atoms with van der Waals surface area (Å²) in [6.07, 6.45) is 1.59. The van der Waals surface area contributed by atoms with Gasteiger partial charge in [-0.1, -0.05) is 11.6 Å². The largest absolute Gasteiger partial charge is 0.397 e. The third-order valence-electron chi connectivity index (χ3n) is 2.26. The Hall–Kier alpha value is -1.26. The van der Waals surface area contributed by atoms with Gasteiger partial charge in [-0.05, 0) is 35.4 Å². The van der Waals surface area contributed by atoms with E-state index in [0.29, 0.717) is 16.5 Å². The van der Waals surface area contributed by atoms with E-state index in [4.69, 9.17) is 17.3 Å². The van der Waals surface area contributed by atoms with Crippen molar-refractivity contribution in [2.75, 3.05) is 11.1 Å². The topological polar surface area (TPSA) is 50.9 Å². The molecule has 5 heteroatoms. The smallest absolute Gasteiger partial charge is 0.145 e. The van der Waals surface area contributed by atoms with E-state index in [1.54, 1.807) is 23.6 Å². The van der Waals surface area contributed by atoms with Crippen molar-refractivity contribution >= 4 is 34.4 Å². The Morgan fingerprint density at radius 1 is 1.56 bits per heavy atom. The van der Waals surface area contributed by atoms with Crippen molar-refractivity contribution in [1.29, 1.82) is 0 Å². The number of pyridine rings is 1. The number of hydrogen-bond donors (Lipinski definition) is 2. The molecular weight excluding hydrogens is 242 g/mol. The van der Waals surface area contributed by atoms with Gasteiger partial charge in [0, 0.05) is 0 Å². The second-order valence-corrected chi connectivity index (χ2v) is 4.71. The van der Waals surface area contributed by atoms with Crippen LogP contribution in [0.25, 0.3) is 0 Å². The van der Waals surface area contributed by atoms with Gasteiger partial charge in [0.25, 0.3) is 0 Å². The Labute approximate surface area is 103 Å². The zero-order chi connectivity index (χ0) is 11.5. The van der Waals surface area contributed by atoms with E-state index in [1.807, 2.05) is 5.38 Å². The highest BCUT2D eigenvalue weighted by molar-refractivity contribution is 7.07. The lowest BCUT2D eigenvalue weighted by Crippen LogP contribution is -2.07. The van der Waals surface area contributed by atoms with E-state index < -0.39 is 0 Å². The molecule has 0 saturated carbocycles. The minimum absolute atomic E-state index is 0.180. The van der Waals surface area contributed by atoms with E-state index in [2.05, 4.69) is 28.7 Å². The molecule has 0 spiro atoms. The first kappa shape index (κ1) is 11.2. The Morgan fingerprint density at radius 2 is 2.38 bits per heavy atom. The molecule has 0 amide bonds. The lowest BCUT2D eigenvalue weighted by atomic mass is 10.2. The molecule has 2 heterocycles. The number of nitrogens with one attached hydrogen (secondary N) is 1. The van der Waals surface area contributed by atoms with Crippen molar-refractivity contribution in [2.24, 2.45) is 0 Å². The van der Waals surface area contributed by atoms with Crippen LogP contribution in [0.1, 0.15) is 18.5 Å². The van der Waals surface area contributed by atoms with E-state index in [0.717, 1.165) is 0 Å². The Kier molecular flexibility index (Phi) is 3.31. The van der Waals surface area contributed by atoms with Crippen LogP contribution in [0.5, 0.6) is 0 Å². The van der Waals surface area contributed by atoms with Gasteiger partial charge in [-0.2, -0.15) is 11.3 Å². The highest BCUT2D eigenvalue weighted by Gasteiger charge is 2.09. The third-order valence-corrected chi connectivity index (χ3v) is 3.25. The maximum Gasteiger partial charge on any atom is 0.145 e. The normalized spacial score (nSPS) is 12.4. The molecule has 3 nitrogen and oxygen atoms in total. The fraction of sp³-hybridized carbons (Fsp3) is 0.182. The Balaban J connectivity index is 2.15. The predicted octanol–water partition coefficient (Wildman–Crippen LogP) is 3.55. The van der Waals surface area contributed by atoms with Gasteiger partial charge in [-0.15, -0.1) is 0 Å². The van der Waals surface area contributed by atoms with Gasteiger partial charge in [0.1, 0.15) is 5.82 Å². The molecule has 0 aliphatic carbocycles. The molecule has 0 saturated heterocycles. The maximum absolute atomic E-state index is 6.03. The molecule has 0 aliphatic rings. The molecule has 0 aliphatic heterocycles. The van der Waals surface area contributed by atoms with Crippen molar-refractivity contribution in [3.05, 3.63) is 39.7 Å². The standard InChI is InChI=1S/C11H12ClN3S/c1-7(8-2-3-16-6-8)15-11-10(12)4-9(13)5-14-11/h2-7H,13H2,1H3,(H,14,15). The van der Waals surface area contributed by atoms with Gasteiger partial charge >= 0.3 is 0 Å². The second-order valence-electron chi connectivity index (χ2n) is 3.52. The average Bonchev–Trinajstić information content (AvgIpc) is 2.75. The highest BCUT2D eigenvalue weighted by atomic mass is 35.5. The van der Waals surface area contributed by atoms with E-state index in [-0.39, 0.29) is 6.04 Å². The number of aromatic nitrogens is 1. The van der Waals surface area contributed by atoms with Crippen LogP contribution in [0.3, 0.4) is 0 Å². The molecule has 16 heavy (non-hydrogen) atoms. The maximum atomic E-state index is 6.03. The predicted molar refractivity (Wildman–Crippen MR) is 70.0 cm³/mol. The van der Waals surface area contributed by atoms with Gasteiger partial charge in [-0.3, -0.25) is 0 Å². The molecule has 2 aromatic heterocycles. The summed E-state index contributed by atoms with van der Waals surface area (Å²) in [5.74, 6) is 0.662. The van der Waals surface area contributed by atoms with Crippen molar-refractivity contribution in [2.45, 2.75) is 13.0 Å². The van der Waals surface area contributed by atoms with Crippen molar-refractivity contribution < 1.29 is 0 Å². The summed E-state index contributed by atoms with van der Waals surface area (Å²) < 4.78 is 0. The average molecular weight is 254 g/mol. The number of halogens is 1. The zero-order valence-corrected chi connectivity index (χ0v) is 10.3. The molecule has 0 bridgehead atoms. The Morgan fingerprint density at radius 3 is 3.00 bits per heavy atom. The van der Waals surface area contributed by atoms with E-state index in [1.165, 1.54) is 5.56 Å². The SMILES string of the molecule is CC(Nc1ncc(N)cc1Cl)c1ccsc1. The molecule has 1 atom stereocenters. The Bertz CT molecular complexity index is 470. The quantitative estimate of drug-likeness (QED) is 0.880. The molecular formula is C11H12ClN3S. The van der Waals surface area contributed by atoms with Crippen LogP contribution in [0.4, 0.5) is 11.5 Å². The number of nitrogens with zero attached hydrogens (tertiary/aromatic N) is 1. The molecule has 3 N–H and O–H groups in total. The number of thiophene rings is 1. The number of rotatable bonds is 3. The summed E-state index contributed by atoms with van der Waals surface area (Å²) in [5, 5.41) is 7.94. The van der Waals surface area contributed by atoms with Crippen LogP contribution in [0.15, 0.2) is 29.1 Å². The van der Waals surface area contributed by atoms with Crippen LogP contribution in [0, 0.1) is 0 Å². The monoisotopic (exact) mass is 253 g/mol. The second kappa shape index (κ2) is 4.72. The van der Waals surface area contributed by atoms with Crippen molar-refractivity contribution in [3.8, 4) is 0 Å². The number of nitrogens with two attached hydrogens (primary N) is 1. The fourth-order valence-electron chi connectivity index (χ4n) is 1.37. The first-order valence-electron chi connectivity index (χ1n) is 4.86. The third kappa shape index (κ3) is 2.46. The van der Waals surface area contributed by atoms with Gasteiger partial charge in [0.05, 0.1) is 22.9 Å². The summed E-state index contributed by atoms with van der Waals surface area (Å²) in [6, 6.07) is 3.95. The highest BCUT2D eigenvalue weighted by Crippen LogP contribution is 2.26.